The second-order valence-electron chi connectivity index (χ2n) is 5.07. The van der Waals surface area contributed by atoms with Gasteiger partial charge in [0, 0.05) is 30.0 Å². The lowest BCUT2D eigenvalue weighted by atomic mass is 10.1. The zero-order valence-corrected chi connectivity index (χ0v) is 14.2. The smallest absolute Gasteiger partial charge is 0.129 e. The molecule has 0 unspecified atom stereocenters. The highest BCUT2D eigenvalue weighted by atomic mass is 19.1. The Bertz CT molecular complexity index is 538. The highest BCUT2D eigenvalue weighted by Crippen LogP contribution is 2.26. The number of H-pyrrole nitrogens is 1. The second-order valence-corrected chi connectivity index (χ2v) is 5.07. The molecule has 5 heteroatoms. The summed E-state index contributed by atoms with van der Waals surface area (Å²) in [5.41, 5.74) is 2.63. The van der Waals surface area contributed by atoms with Gasteiger partial charge in [0.1, 0.15) is 5.82 Å². The first-order chi connectivity index (χ1) is 10.6. The summed E-state index contributed by atoms with van der Waals surface area (Å²) in [5, 5.41) is 3.03. The van der Waals surface area contributed by atoms with Gasteiger partial charge in [0.05, 0.1) is 18.6 Å². The van der Waals surface area contributed by atoms with Crippen molar-refractivity contribution >= 4 is 5.69 Å². The largest absolute Gasteiger partial charge is 0.363 e. The first kappa shape index (κ1) is 18.2. The topological polar surface area (TPSA) is 44.0 Å². The van der Waals surface area contributed by atoms with Gasteiger partial charge in [-0.15, -0.1) is 0 Å². The Kier molecular flexibility index (Phi) is 7.60. The Morgan fingerprint density at radius 3 is 2.59 bits per heavy atom. The third kappa shape index (κ3) is 4.56. The van der Waals surface area contributed by atoms with Crippen molar-refractivity contribution in [1.82, 2.24) is 15.3 Å². The van der Waals surface area contributed by atoms with E-state index in [1.165, 1.54) is 6.07 Å². The molecule has 2 N–H and O–H groups in total. The number of nitrogens with one attached hydrogen (secondary N) is 2. The van der Waals surface area contributed by atoms with E-state index in [0.29, 0.717) is 18.7 Å². The Hall–Kier alpha value is -1.88. The van der Waals surface area contributed by atoms with E-state index in [-0.39, 0.29) is 11.9 Å². The molecular formula is C17H27FN4. The number of hydrogen-bond acceptors (Lipinski definition) is 3. The molecule has 0 amide bonds. The number of aromatic amines is 1. The lowest BCUT2D eigenvalue weighted by molar-refractivity contribution is 0.593. The van der Waals surface area contributed by atoms with Crippen molar-refractivity contribution in [3.63, 3.8) is 0 Å². The SMILES string of the molecule is CC.CNCc1c(F)cccc1N(Cc1cnc[nH]1)C(C)C. The molecule has 0 aliphatic rings. The van der Waals surface area contributed by atoms with E-state index in [0.717, 1.165) is 11.4 Å². The van der Waals surface area contributed by atoms with Crippen LogP contribution in [0.4, 0.5) is 10.1 Å². The predicted molar refractivity (Wildman–Crippen MR) is 90.4 cm³/mol. The van der Waals surface area contributed by atoms with E-state index < -0.39 is 0 Å². The molecule has 122 valence electrons. The van der Waals surface area contributed by atoms with Crippen molar-refractivity contribution in [3.8, 4) is 0 Å². The summed E-state index contributed by atoms with van der Waals surface area (Å²) in [5.74, 6) is -0.174. The predicted octanol–water partition coefficient (Wildman–Crippen LogP) is 3.71. The Labute approximate surface area is 132 Å². The number of anilines is 1. The molecule has 2 rings (SSSR count). The van der Waals surface area contributed by atoms with Crippen LogP contribution >= 0.6 is 0 Å². The monoisotopic (exact) mass is 306 g/mol. The van der Waals surface area contributed by atoms with Gasteiger partial charge in [-0.2, -0.15) is 0 Å². The van der Waals surface area contributed by atoms with Crippen molar-refractivity contribution in [2.45, 2.75) is 46.8 Å². The minimum atomic E-state index is -0.174. The summed E-state index contributed by atoms with van der Waals surface area (Å²) >= 11 is 0. The van der Waals surface area contributed by atoms with E-state index in [1.54, 1.807) is 18.6 Å². The van der Waals surface area contributed by atoms with Crippen LogP contribution in [0.3, 0.4) is 0 Å². The average molecular weight is 306 g/mol. The quantitative estimate of drug-likeness (QED) is 0.855. The maximum absolute atomic E-state index is 14.1. The van der Waals surface area contributed by atoms with E-state index in [4.69, 9.17) is 0 Å². The summed E-state index contributed by atoms with van der Waals surface area (Å²) in [6.07, 6.45) is 3.46. The van der Waals surface area contributed by atoms with E-state index in [1.807, 2.05) is 27.0 Å². The molecular weight excluding hydrogens is 279 g/mol. The van der Waals surface area contributed by atoms with Crippen LogP contribution < -0.4 is 10.2 Å². The average Bonchev–Trinajstić information content (AvgIpc) is 3.02. The molecule has 1 aromatic heterocycles. The summed E-state index contributed by atoms with van der Waals surface area (Å²) in [4.78, 5) is 9.30. The minimum Gasteiger partial charge on any atom is -0.363 e. The van der Waals surface area contributed by atoms with Crippen molar-refractivity contribution < 1.29 is 4.39 Å². The number of imidazole rings is 1. The van der Waals surface area contributed by atoms with E-state index >= 15 is 0 Å². The van der Waals surface area contributed by atoms with E-state index in [9.17, 15) is 4.39 Å². The fraction of sp³-hybridized carbons (Fsp3) is 0.471. The van der Waals surface area contributed by atoms with Gasteiger partial charge in [-0.05, 0) is 33.0 Å². The first-order valence-electron chi connectivity index (χ1n) is 7.79. The van der Waals surface area contributed by atoms with Gasteiger partial charge in [-0.1, -0.05) is 19.9 Å². The maximum atomic E-state index is 14.1. The van der Waals surface area contributed by atoms with E-state index in [2.05, 4.69) is 34.0 Å². The number of nitrogens with zero attached hydrogens (tertiary/aromatic N) is 2. The number of benzene rings is 1. The molecule has 4 nitrogen and oxygen atoms in total. The van der Waals surface area contributed by atoms with Crippen molar-refractivity contribution in [2.75, 3.05) is 11.9 Å². The molecule has 0 atom stereocenters. The summed E-state index contributed by atoms with van der Waals surface area (Å²) < 4.78 is 14.1. The minimum absolute atomic E-state index is 0.174. The van der Waals surface area contributed by atoms with Crippen molar-refractivity contribution in [2.24, 2.45) is 0 Å². The van der Waals surface area contributed by atoms with Crippen LogP contribution in [0.2, 0.25) is 0 Å². The fourth-order valence-electron chi connectivity index (χ4n) is 2.27. The van der Waals surface area contributed by atoms with Crippen LogP contribution in [-0.4, -0.2) is 23.1 Å². The van der Waals surface area contributed by atoms with Gasteiger partial charge in [0.25, 0.3) is 0 Å². The van der Waals surface area contributed by atoms with Crippen LogP contribution in [0.1, 0.15) is 39.0 Å². The Morgan fingerprint density at radius 2 is 2.05 bits per heavy atom. The zero-order valence-electron chi connectivity index (χ0n) is 14.2. The molecule has 1 heterocycles. The maximum Gasteiger partial charge on any atom is 0.129 e. The number of hydrogen-bond donors (Lipinski definition) is 2. The number of aromatic nitrogens is 2. The highest BCUT2D eigenvalue weighted by Gasteiger charge is 2.17. The van der Waals surface area contributed by atoms with Gasteiger partial charge in [0.2, 0.25) is 0 Å². The van der Waals surface area contributed by atoms with Gasteiger partial charge in [-0.25, -0.2) is 9.37 Å². The zero-order chi connectivity index (χ0) is 16.5. The lowest BCUT2D eigenvalue weighted by Gasteiger charge is -2.30. The first-order valence-corrected chi connectivity index (χ1v) is 7.79. The molecule has 0 saturated carbocycles. The van der Waals surface area contributed by atoms with Crippen LogP contribution in [0, 0.1) is 5.82 Å². The van der Waals surface area contributed by atoms with Gasteiger partial charge in [0.15, 0.2) is 0 Å². The van der Waals surface area contributed by atoms with Crippen LogP contribution in [0.5, 0.6) is 0 Å². The van der Waals surface area contributed by atoms with Gasteiger partial charge < -0.3 is 15.2 Å². The highest BCUT2D eigenvalue weighted by molar-refractivity contribution is 5.55. The normalized spacial score (nSPS) is 10.3. The molecule has 0 saturated heterocycles. The summed E-state index contributed by atoms with van der Waals surface area (Å²) in [6.45, 7) is 9.39. The fourth-order valence-corrected chi connectivity index (χ4v) is 2.27. The molecule has 22 heavy (non-hydrogen) atoms. The van der Waals surface area contributed by atoms with Gasteiger partial charge in [-0.3, -0.25) is 0 Å². The lowest BCUT2D eigenvalue weighted by Crippen LogP contribution is -2.32. The number of rotatable bonds is 6. The molecule has 0 fully saturated rings. The third-order valence-electron chi connectivity index (χ3n) is 3.28. The second kappa shape index (κ2) is 9.20. The molecule has 0 spiro atoms. The Balaban J connectivity index is 0.00000116. The number of halogens is 1. The molecule has 0 aliphatic heterocycles. The van der Waals surface area contributed by atoms with Gasteiger partial charge >= 0.3 is 0 Å². The standard InChI is InChI=1S/C15H21FN4.C2H6/c1-11(2)20(9-12-7-18-10-19-12)15-6-4-5-14(16)13(15)8-17-3;1-2/h4-7,10-11,17H,8-9H2,1-3H3,(H,18,19);1-2H3. The summed E-state index contributed by atoms with van der Waals surface area (Å²) in [6, 6.07) is 5.49. The molecule has 0 radical (unpaired) electrons. The Morgan fingerprint density at radius 1 is 1.32 bits per heavy atom. The molecule has 0 bridgehead atoms. The van der Waals surface area contributed by atoms with Crippen LogP contribution in [0.25, 0.3) is 0 Å². The molecule has 2 aromatic rings. The van der Waals surface area contributed by atoms with Crippen LogP contribution in [-0.2, 0) is 13.1 Å². The molecule has 1 aromatic carbocycles. The van der Waals surface area contributed by atoms with Crippen LogP contribution in [0.15, 0.2) is 30.7 Å². The molecule has 0 aliphatic carbocycles. The third-order valence-corrected chi connectivity index (χ3v) is 3.28. The summed E-state index contributed by atoms with van der Waals surface area (Å²) in [7, 11) is 1.82. The van der Waals surface area contributed by atoms with Crippen molar-refractivity contribution in [3.05, 3.63) is 47.8 Å². The van der Waals surface area contributed by atoms with Crippen molar-refractivity contribution in [1.29, 1.82) is 0 Å².